The lowest BCUT2D eigenvalue weighted by molar-refractivity contribution is 0.0792. The molecule has 1 atom stereocenters. The summed E-state index contributed by atoms with van der Waals surface area (Å²) in [6.45, 7) is 1.38. The normalized spacial score (nSPS) is 15.6. The molecule has 0 aromatic heterocycles. The second kappa shape index (κ2) is 8.82. The second-order valence-corrected chi connectivity index (χ2v) is 7.35. The Morgan fingerprint density at radius 1 is 0.900 bits per heavy atom. The van der Waals surface area contributed by atoms with E-state index in [4.69, 9.17) is 4.74 Å². The summed E-state index contributed by atoms with van der Waals surface area (Å²) in [5.41, 5.74) is 2.68. The zero-order valence-corrected chi connectivity index (χ0v) is 16.9. The summed E-state index contributed by atoms with van der Waals surface area (Å²) in [5, 5.41) is 2.88. The predicted octanol–water partition coefficient (Wildman–Crippen LogP) is 4.58. The van der Waals surface area contributed by atoms with Gasteiger partial charge in [0.1, 0.15) is 5.75 Å². The number of rotatable bonds is 5. The molecule has 1 aliphatic heterocycles. The van der Waals surface area contributed by atoms with Gasteiger partial charge in [0.25, 0.3) is 11.8 Å². The van der Waals surface area contributed by atoms with Crippen LogP contribution in [0.25, 0.3) is 0 Å². The molecule has 0 spiro atoms. The lowest BCUT2D eigenvalue weighted by Crippen LogP contribution is -2.29. The van der Waals surface area contributed by atoms with Crippen LogP contribution in [0.2, 0.25) is 0 Å². The molecule has 5 heteroatoms. The Hall–Kier alpha value is -3.60. The highest BCUT2D eigenvalue weighted by Gasteiger charge is 2.29. The Kier molecular flexibility index (Phi) is 5.80. The Morgan fingerprint density at radius 2 is 1.57 bits per heavy atom. The lowest BCUT2D eigenvalue weighted by Gasteiger charge is -2.19. The van der Waals surface area contributed by atoms with Crippen LogP contribution in [0.4, 0.5) is 5.69 Å². The molecule has 2 amide bonds. The van der Waals surface area contributed by atoms with Crippen LogP contribution in [0.3, 0.4) is 0 Å². The number of carbonyl (C=O) groups excluding carboxylic acids is 2. The summed E-state index contributed by atoms with van der Waals surface area (Å²) < 4.78 is 5.28. The number of carbonyl (C=O) groups is 2. The lowest BCUT2D eigenvalue weighted by atomic mass is 9.99. The van der Waals surface area contributed by atoms with E-state index in [1.54, 1.807) is 30.3 Å². The zero-order valence-electron chi connectivity index (χ0n) is 16.9. The first kappa shape index (κ1) is 19.7. The maximum atomic E-state index is 13.2. The molecular weight excluding hydrogens is 376 g/mol. The van der Waals surface area contributed by atoms with E-state index in [0.29, 0.717) is 41.6 Å². The summed E-state index contributed by atoms with van der Waals surface area (Å²) in [5.74, 6) is 0.454. The fourth-order valence-electron chi connectivity index (χ4n) is 3.91. The van der Waals surface area contributed by atoms with Crippen LogP contribution in [0.15, 0.2) is 78.9 Å². The van der Waals surface area contributed by atoms with Gasteiger partial charge >= 0.3 is 0 Å². The highest BCUT2D eigenvalue weighted by molar-refractivity contribution is 6.10. The maximum absolute atomic E-state index is 13.2. The molecule has 0 radical (unpaired) electrons. The molecule has 152 valence electrons. The van der Waals surface area contributed by atoms with Crippen molar-refractivity contribution >= 4 is 17.5 Å². The van der Waals surface area contributed by atoms with Crippen LogP contribution in [-0.2, 0) is 0 Å². The molecule has 30 heavy (non-hydrogen) atoms. The van der Waals surface area contributed by atoms with Crippen molar-refractivity contribution in [2.24, 2.45) is 0 Å². The summed E-state index contributed by atoms with van der Waals surface area (Å²) in [4.78, 5) is 27.9. The molecule has 1 N–H and O–H groups in total. The topological polar surface area (TPSA) is 58.6 Å². The number of amides is 2. The molecule has 5 nitrogen and oxygen atoms in total. The van der Waals surface area contributed by atoms with Gasteiger partial charge in [-0.25, -0.2) is 0 Å². The molecule has 1 fully saturated rings. The third-order valence-electron chi connectivity index (χ3n) is 5.50. The van der Waals surface area contributed by atoms with E-state index in [-0.39, 0.29) is 11.8 Å². The number of methoxy groups -OCH3 is 1. The molecule has 1 aliphatic rings. The van der Waals surface area contributed by atoms with Crippen molar-refractivity contribution in [2.75, 3.05) is 25.5 Å². The molecular formula is C25H24N2O3. The molecule has 3 aromatic rings. The minimum atomic E-state index is -0.309. The van der Waals surface area contributed by atoms with Gasteiger partial charge in [0.2, 0.25) is 0 Å². The van der Waals surface area contributed by atoms with E-state index in [2.05, 4.69) is 17.4 Å². The third-order valence-corrected chi connectivity index (χ3v) is 5.50. The van der Waals surface area contributed by atoms with Crippen LogP contribution in [0.1, 0.15) is 38.6 Å². The highest BCUT2D eigenvalue weighted by atomic mass is 16.5. The summed E-state index contributed by atoms with van der Waals surface area (Å²) >= 11 is 0. The highest BCUT2D eigenvalue weighted by Crippen LogP contribution is 2.29. The van der Waals surface area contributed by atoms with Crippen LogP contribution >= 0.6 is 0 Å². The average Bonchev–Trinajstić information content (AvgIpc) is 3.30. The molecule has 1 saturated heterocycles. The largest absolute Gasteiger partial charge is 0.496 e. The van der Waals surface area contributed by atoms with Crippen LogP contribution in [-0.4, -0.2) is 36.9 Å². The van der Waals surface area contributed by atoms with Crippen LogP contribution in [0.5, 0.6) is 5.75 Å². The quantitative estimate of drug-likeness (QED) is 0.682. The zero-order chi connectivity index (χ0) is 20.9. The Balaban J connectivity index is 1.52. The molecule has 0 bridgehead atoms. The fraction of sp³-hybridized carbons (Fsp3) is 0.200. The van der Waals surface area contributed by atoms with Gasteiger partial charge in [-0.2, -0.15) is 0 Å². The molecule has 4 rings (SSSR count). The van der Waals surface area contributed by atoms with Crippen molar-refractivity contribution < 1.29 is 14.3 Å². The number of hydrogen-bond donors (Lipinski definition) is 1. The van der Waals surface area contributed by atoms with Gasteiger partial charge in [-0.05, 0) is 36.2 Å². The number of likely N-dealkylation sites (tertiary alicyclic amines) is 1. The Morgan fingerprint density at radius 3 is 2.33 bits per heavy atom. The molecule has 1 heterocycles. The smallest absolute Gasteiger partial charge is 0.259 e. The fourth-order valence-corrected chi connectivity index (χ4v) is 3.91. The first-order valence-corrected chi connectivity index (χ1v) is 10.0. The van der Waals surface area contributed by atoms with E-state index in [1.807, 2.05) is 41.3 Å². The van der Waals surface area contributed by atoms with Crippen molar-refractivity contribution in [2.45, 2.75) is 12.3 Å². The molecule has 3 aromatic carbocycles. The number of para-hydroxylation sites is 2. The Labute approximate surface area is 176 Å². The van der Waals surface area contributed by atoms with Gasteiger partial charge in [0.05, 0.1) is 23.9 Å². The Bertz CT molecular complexity index is 1050. The van der Waals surface area contributed by atoms with Crippen molar-refractivity contribution in [1.29, 1.82) is 0 Å². The van der Waals surface area contributed by atoms with Crippen molar-refractivity contribution in [3.05, 3.63) is 95.6 Å². The van der Waals surface area contributed by atoms with Gasteiger partial charge in [0, 0.05) is 19.0 Å². The van der Waals surface area contributed by atoms with Gasteiger partial charge < -0.3 is 15.0 Å². The van der Waals surface area contributed by atoms with E-state index in [1.165, 1.54) is 12.7 Å². The maximum Gasteiger partial charge on any atom is 0.259 e. The second-order valence-electron chi connectivity index (χ2n) is 7.35. The number of nitrogens with zero attached hydrogens (tertiary/aromatic N) is 1. The number of nitrogens with one attached hydrogen (secondary N) is 1. The van der Waals surface area contributed by atoms with Gasteiger partial charge in [-0.3, -0.25) is 9.59 Å². The number of hydrogen-bond acceptors (Lipinski definition) is 3. The molecule has 1 unspecified atom stereocenters. The van der Waals surface area contributed by atoms with Crippen molar-refractivity contribution in [1.82, 2.24) is 4.90 Å². The first-order valence-electron chi connectivity index (χ1n) is 10.0. The van der Waals surface area contributed by atoms with Crippen molar-refractivity contribution in [3.63, 3.8) is 0 Å². The third kappa shape index (κ3) is 4.06. The monoisotopic (exact) mass is 400 g/mol. The standard InChI is InChI=1S/C25H24N2O3/c1-30-23-14-8-6-12-21(23)24(28)26-22-13-7-5-11-20(22)25(29)27-16-15-19(17-27)18-9-3-2-4-10-18/h2-14,19H,15-17H2,1H3,(H,26,28). The van der Waals surface area contributed by atoms with Gasteiger partial charge in [-0.15, -0.1) is 0 Å². The summed E-state index contributed by atoms with van der Waals surface area (Å²) in [6, 6.07) is 24.5. The van der Waals surface area contributed by atoms with E-state index < -0.39 is 0 Å². The number of benzene rings is 3. The molecule has 0 aliphatic carbocycles. The number of anilines is 1. The minimum absolute atomic E-state index is 0.0654. The van der Waals surface area contributed by atoms with E-state index >= 15 is 0 Å². The predicted molar refractivity (Wildman–Crippen MR) is 117 cm³/mol. The SMILES string of the molecule is COc1ccccc1C(=O)Nc1ccccc1C(=O)N1CCC(c2ccccc2)C1. The van der Waals surface area contributed by atoms with E-state index in [0.717, 1.165) is 6.42 Å². The molecule has 0 saturated carbocycles. The first-order chi connectivity index (χ1) is 14.7. The van der Waals surface area contributed by atoms with Crippen molar-refractivity contribution in [3.8, 4) is 5.75 Å². The van der Waals surface area contributed by atoms with Gasteiger partial charge in [-0.1, -0.05) is 54.6 Å². The minimum Gasteiger partial charge on any atom is -0.496 e. The van der Waals surface area contributed by atoms with Crippen LogP contribution in [0, 0.1) is 0 Å². The summed E-state index contributed by atoms with van der Waals surface area (Å²) in [7, 11) is 1.53. The summed E-state index contributed by atoms with van der Waals surface area (Å²) in [6.07, 6.45) is 0.936. The van der Waals surface area contributed by atoms with Crippen LogP contribution < -0.4 is 10.1 Å². The van der Waals surface area contributed by atoms with Gasteiger partial charge in [0.15, 0.2) is 0 Å². The average molecular weight is 400 g/mol. The van der Waals surface area contributed by atoms with E-state index in [9.17, 15) is 9.59 Å². The number of ether oxygens (including phenoxy) is 1.